The number of hydrogen-bond donors (Lipinski definition) is 1. The number of hydrogen-bond acceptors (Lipinski definition) is 6. The first-order valence-electron chi connectivity index (χ1n) is 11.2. The van der Waals surface area contributed by atoms with Gasteiger partial charge in [-0.1, -0.05) is 24.6 Å². The molecule has 1 amide bonds. The van der Waals surface area contributed by atoms with E-state index in [-0.39, 0.29) is 12.5 Å². The van der Waals surface area contributed by atoms with Crippen LogP contribution >= 0.6 is 0 Å². The molecule has 1 saturated heterocycles. The average molecular weight is 438 g/mol. The normalized spacial score (nSPS) is 14.6. The summed E-state index contributed by atoms with van der Waals surface area (Å²) in [5, 5.41) is 8.68. The fraction of sp³-hybridized carbons (Fsp3) is 0.458. The van der Waals surface area contributed by atoms with Gasteiger partial charge >= 0.3 is 0 Å². The third kappa shape index (κ3) is 5.08. The second-order valence-electron chi connectivity index (χ2n) is 8.10. The molecule has 1 aromatic carbocycles. The quantitative estimate of drug-likeness (QED) is 0.583. The van der Waals surface area contributed by atoms with E-state index in [0.29, 0.717) is 12.4 Å². The standard InChI is InChI=1S/C24H31N5O3/c1-4-19-15-22(32-16-21(30)25-9-10-28-11-13-31-14-12-28)26-24-23(19)18(3)27-29(24)20-7-5-17(2)6-8-20/h5-8,15H,4,9-14,16H2,1-3H3,(H,25,30). The Bertz CT molecular complexity index is 1070. The van der Waals surface area contributed by atoms with E-state index in [1.807, 2.05) is 29.8 Å². The number of rotatable bonds is 8. The number of benzene rings is 1. The molecule has 1 fully saturated rings. The summed E-state index contributed by atoms with van der Waals surface area (Å²) in [4.78, 5) is 19.3. The molecular formula is C24H31N5O3. The summed E-state index contributed by atoms with van der Waals surface area (Å²) in [6, 6.07) is 10.1. The Morgan fingerprint density at radius 3 is 2.66 bits per heavy atom. The number of carbonyl (C=O) groups excluding carboxylic acids is 1. The molecule has 4 rings (SSSR count). The van der Waals surface area contributed by atoms with Crippen LogP contribution in [0.2, 0.25) is 0 Å². The number of pyridine rings is 1. The monoisotopic (exact) mass is 437 g/mol. The molecule has 0 radical (unpaired) electrons. The van der Waals surface area contributed by atoms with Gasteiger partial charge in [-0.05, 0) is 38.0 Å². The van der Waals surface area contributed by atoms with Gasteiger partial charge in [-0.25, -0.2) is 4.68 Å². The lowest BCUT2D eigenvalue weighted by Crippen LogP contribution is -2.42. The molecule has 8 nitrogen and oxygen atoms in total. The Morgan fingerprint density at radius 1 is 1.19 bits per heavy atom. The lowest BCUT2D eigenvalue weighted by atomic mass is 10.1. The van der Waals surface area contributed by atoms with Gasteiger partial charge in [0.25, 0.3) is 5.91 Å². The maximum absolute atomic E-state index is 12.3. The molecule has 3 heterocycles. The van der Waals surface area contributed by atoms with Gasteiger partial charge < -0.3 is 14.8 Å². The van der Waals surface area contributed by atoms with Gasteiger partial charge in [0.05, 0.1) is 24.6 Å². The fourth-order valence-electron chi connectivity index (χ4n) is 3.94. The van der Waals surface area contributed by atoms with Crippen molar-refractivity contribution >= 4 is 16.9 Å². The van der Waals surface area contributed by atoms with Crippen molar-refractivity contribution in [1.29, 1.82) is 0 Å². The molecule has 32 heavy (non-hydrogen) atoms. The van der Waals surface area contributed by atoms with Crippen LogP contribution in [0, 0.1) is 13.8 Å². The molecule has 0 spiro atoms. The fourth-order valence-corrected chi connectivity index (χ4v) is 3.94. The minimum Gasteiger partial charge on any atom is -0.468 e. The van der Waals surface area contributed by atoms with Gasteiger partial charge in [-0.15, -0.1) is 0 Å². The molecular weight excluding hydrogens is 406 g/mol. The summed E-state index contributed by atoms with van der Waals surface area (Å²) in [7, 11) is 0. The molecule has 0 unspecified atom stereocenters. The minimum atomic E-state index is -0.151. The van der Waals surface area contributed by atoms with E-state index in [1.54, 1.807) is 0 Å². The average Bonchev–Trinajstić information content (AvgIpc) is 3.15. The van der Waals surface area contributed by atoms with Gasteiger partial charge in [0, 0.05) is 37.6 Å². The van der Waals surface area contributed by atoms with Crippen molar-refractivity contribution in [3.63, 3.8) is 0 Å². The second kappa shape index (κ2) is 10.1. The lowest BCUT2D eigenvalue weighted by molar-refractivity contribution is -0.123. The first-order chi connectivity index (χ1) is 15.5. The molecule has 1 aliphatic rings. The third-order valence-corrected chi connectivity index (χ3v) is 5.74. The number of nitrogens with one attached hydrogen (secondary N) is 1. The van der Waals surface area contributed by atoms with Crippen LogP contribution in [0.4, 0.5) is 0 Å². The number of ether oxygens (including phenoxy) is 2. The summed E-state index contributed by atoms with van der Waals surface area (Å²) < 4.78 is 13.0. The summed E-state index contributed by atoms with van der Waals surface area (Å²) in [6.45, 7) is 10.8. The van der Waals surface area contributed by atoms with Gasteiger partial charge in [0.15, 0.2) is 12.3 Å². The van der Waals surface area contributed by atoms with Crippen LogP contribution in [-0.4, -0.2) is 71.6 Å². The summed E-state index contributed by atoms with van der Waals surface area (Å²) in [5.41, 5.74) is 4.91. The SMILES string of the molecule is CCc1cc(OCC(=O)NCCN2CCOCC2)nc2c1c(C)nn2-c1ccc(C)cc1. The Kier molecular flexibility index (Phi) is 7.02. The summed E-state index contributed by atoms with van der Waals surface area (Å²) in [6.07, 6.45) is 0.821. The van der Waals surface area contributed by atoms with Crippen molar-refractivity contribution in [3.05, 3.63) is 47.2 Å². The van der Waals surface area contributed by atoms with Gasteiger partial charge in [0.1, 0.15) is 0 Å². The zero-order valence-electron chi connectivity index (χ0n) is 19.1. The molecule has 1 aliphatic heterocycles. The Balaban J connectivity index is 1.46. The zero-order valence-corrected chi connectivity index (χ0v) is 19.1. The predicted molar refractivity (Wildman–Crippen MR) is 123 cm³/mol. The number of fused-ring (bicyclic) bond motifs is 1. The van der Waals surface area contributed by atoms with Crippen molar-refractivity contribution in [1.82, 2.24) is 25.0 Å². The molecule has 0 aliphatic carbocycles. The number of aryl methyl sites for hydroxylation is 3. The molecule has 0 saturated carbocycles. The number of nitrogens with zero attached hydrogens (tertiary/aromatic N) is 4. The van der Waals surface area contributed by atoms with Crippen LogP contribution in [0.15, 0.2) is 30.3 Å². The predicted octanol–water partition coefficient (Wildman–Crippen LogP) is 2.43. The minimum absolute atomic E-state index is 0.0670. The highest BCUT2D eigenvalue weighted by molar-refractivity contribution is 5.84. The topological polar surface area (TPSA) is 81.5 Å². The molecule has 0 atom stereocenters. The van der Waals surface area contributed by atoms with Crippen molar-refractivity contribution in [2.75, 3.05) is 46.0 Å². The highest BCUT2D eigenvalue weighted by atomic mass is 16.5. The lowest BCUT2D eigenvalue weighted by Gasteiger charge is -2.26. The number of aromatic nitrogens is 3. The summed E-state index contributed by atoms with van der Waals surface area (Å²) >= 11 is 0. The van der Waals surface area contributed by atoms with Gasteiger partial charge in [-0.3, -0.25) is 9.69 Å². The molecule has 170 valence electrons. The van der Waals surface area contributed by atoms with E-state index in [1.165, 1.54) is 5.56 Å². The summed E-state index contributed by atoms with van der Waals surface area (Å²) in [5.74, 6) is 0.285. The zero-order chi connectivity index (χ0) is 22.5. The van der Waals surface area contributed by atoms with Crippen LogP contribution in [0.1, 0.15) is 23.7 Å². The van der Waals surface area contributed by atoms with Crippen LogP contribution < -0.4 is 10.1 Å². The van der Waals surface area contributed by atoms with Gasteiger partial charge in [-0.2, -0.15) is 10.1 Å². The first-order valence-corrected chi connectivity index (χ1v) is 11.2. The van der Waals surface area contributed by atoms with E-state index in [0.717, 1.165) is 67.2 Å². The highest BCUT2D eigenvalue weighted by Crippen LogP contribution is 2.27. The third-order valence-electron chi connectivity index (χ3n) is 5.74. The molecule has 8 heteroatoms. The second-order valence-corrected chi connectivity index (χ2v) is 8.10. The molecule has 3 aromatic rings. The number of amides is 1. The van der Waals surface area contributed by atoms with Crippen molar-refractivity contribution in [3.8, 4) is 11.6 Å². The van der Waals surface area contributed by atoms with Crippen LogP contribution in [0.25, 0.3) is 16.7 Å². The Morgan fingerprint density at radius 2 is 1.94 bits per heavy atom. The van der Waals surface area contributed by atoms with Crippen molar-refractivity contribution < 1.29 is 14.3 Å². The molecule has 0 bridgehead atoms. The van der Waals surface area contributed by atoms with E-state index < -0.39 is 0 Å². The van der Waals surface area contributed by atoms with Crippen molar-refractivity contribution in [2.45, 2.75) is 27.2 Å². The number of morpholine rings is 1. The van der Waals surface area contributed by atoms with E-state index >= 15 is 0 Å². The highest BCUT2D eigenvalue weighted by Gasteiger charge is 2.17. The largest absolute Gasteiger partial charge is 0.468 e. The number of carbonyl (C=O) groups is 1. The smallest absolute Gasteiger partial charge is 0.258 e. The maximum Gasteiger partial charge on any atom is 0.258 e. The van der Waals surface area contributed by atoms with Crippen LogP contribution in [-0.2, 0) is 16.0 Å². The van der Waals surface area contributed by atoms with Crippen LogP contribution in [0.3, 0.4) is 0 Å². The van der Waals surface area contributed by atoms with Crippen LogP contribution in [0.5, 0.6) is 5.88 Å². The molecule has 2 aromatic heterocycles. The van der Waals surface area contributed by atoms with E-state index in [4.69, 9.17) is 19.6 Å². The molecule has 1 N–H and O–H groups in total. The maximum atomic E-state index is 12.3. The van der Waals surface area contributed by atoms with Gasteiger partial charge in [0.2, 0.25) is 5.88 Å². The van der Waals surface area contributed by atoms with Crippen molar-refractivity contribution in [2.24, 2.45) is 0 Å². The Labute approximate surface area is 188 Å². The van der Waals surface area contributed by atoms with E-state index in [2.05, 4.69) is 36.2 Å². The van der Waals surface area contributed by atoms with E-state index in [9.17, 15) is 4.79 Å². The Hall–Kier alpha value is -2.97. The first kappa shape index (κ1) is 22.2.